The molecule has 1 saturated heterocycles. The fraction of sp³-hybridized carbons (Fsp3) is 1.00. The summed E-state index contributed by atoms with van der Waals surface area (Å²) in [6.07, 6.45) is 3.69. The quantitative estimate of drug-likeness (QED) is 0.438. The Morgan fingerprint density at radius 2 is 1.75 bits per heavy atom. The van der Waals surface area contributed by atoms with Crippen LogP contribution in [0.3, 0.4) is 0 Å². The third kappa shape index (κ3) is 6.26. The first kappa shape index (κ1) is 20.1. The summed E-state index contributed by atoms with van der Waals surface area (Å²) in [7, 11) is 0. The summed E-state index contributed by atoms with van der Waals surface area (Å²) in [6, 6.07) is 0. The summed E-state index contributed by atoms with van der Waals surface area (Å²) in [5.41, 5.74) is 0. The van der Waals surface area contributed by atoms with Gasteiger partial charge in [-0.05, 0) is 30.6 Å². The molecular weight excluding hydrogens is 304 g/mol. The Balaban J connectivity index is 1.69. The predicted octanol–water partition coefficient (Wildman–Crippen LogP) is -1.40. The van der Waals surface area contributed by atoms with E-state index in [1.807, 2.05) is 0 Å². The van der Waals surface area contributed by atoms with E-state index in [2.05, 4.69) is 20.8 Å². The van der Waals surface area contributed by atoms with Gasteiger partial charge in [0.05, 0.1) is 19.3 Å². The molecule has 142 valence electrons. The van der Waals surface area contributed by atoms with Crippen LogP contribution in [0, 0.1) is 17.8 Å². The number of hydrogen-bond acceptors (Lipinski definition) is 3. The maximum atomic E-state index is 10.4. The molecule has 1 aliphatic heterocycles. The van der Waals surface area contributed by atoms with Gasteiger partial charge in [-0.25, -0.2) is 0 Å². The Bertz CT molecular complexity index is 346. The fourth-order valence-electron chi connectivity index (χ4n) is 4.50. The molecule has 0 spiro atoms. The van der Waals surface area contributed by atoms with Gasteiger partial charge in [-0.2, -0.15) is 0 Å². The van der Waals surface area contributed by atoms with Gasteiger partial charge in [0, 0.05) is 0 Å². The second-order valence-electron chi connectivity index (χ2n) is 8.53. The van der Waals surface area contributed by atoms with Gasteiger partial charge in [0.15, 0.2) is 0 Å². The Morgan fingerprint density at radius 3 is 2.38 bits per heavy atom. The maximum absolute atomic E-state index is 10.4. The lowest BCUT2D eigenvalue weighted by Crippen LogP contribution is -3.28. The van der Waals surface area contributed by atoms with E-state index in [4.69, 9.17) is 9.84 Å². The van der Waals surface area contributed by atoms with Crippen molar-refractivity contribution in [1.29, 1.82) is 0 Å². The molecule has 1 heterocycles. The van der Waals surface area contributed by atoms with Gasteiger partial charge in [-0.1, -0.05) is 27.2 Å². The number of nitrogens with one attached hydrogen (secondary N) is 2. The molecule has 0 aromatic rings. The molecule has 0 amide bonds. The first-order valence-corrected chi connectivity index (χ1v) is 10.1. The van der Waals surface area contributed by atoms with Gasteiger partial charge in [0.1, 0.15) is 45.4 Å². The van der Waals surface area contributed by atoms with Crippen LogP contribution in [0.2, 0.25) is 0 Å². The fourth-order valence-corrected chi connectivity index (χ4v) is 4.50. The molecule has 2 fully saturated rings. The number of hydrogen-bond donors (Lipinski definition) is 4. The highest BCUT2D eigenvalue weighted by Gasteiger charge is 2.32. The van der Waals surface area contributed by atoms with Crippen molar-refractivity contribution in [3.05, 3.63) is 0 Å². The smallest absolute Gasteiger partial charge is 0.127 e. The molecule has 2 aliphatic rings. The van der Waals surface area contributed by atoms with E-state index in [9.17, 15) is 5.11 Å². The first-order chi connectivity index (χ1) is 11.5. The number of ether oxygens (including phenoxy) is 1. The number of piperazine rings is 1. The third-order valence-corrected chi connectivity index (χ3v) is 6.12. The van der Waals surface area contributed by atoms with Gasteiger partial charge < -0.3 is 24.7 Å². The minimum atomic E-state index is -0.357. The molecule has 5 nitrogen and oxygen atoms in total. The van der Waals surface area contributed by atoms with E-state index in [0.717, 1.165) is 51.6 Å². The average Bonchev–Trinajstić information content (AvgIpc) is 2.55. The number of aliphatic hydroxyl groups is 2. The molecule has 4 N–H and O–H groups in total. The van der Waals surface area contributed by atoms with Crippen LogP contribution in [-0.2, 0) is 4.74 Å². The van der Waals surface area contributed by atoms with Crippen molar-refractivity contribution in [2.24, 2.45) is 17.8 Å². The number of rotatable bonds is 8. The van der Waals surface area contributed by atoms with Crippen molar-refractivity contribution in [2.45, 2.75) is 52.2 Å². The van der Waals surface area contributed by atoms with E-state index in [1.165, 1.54) is 22.6 Å². The van der Waals surface area contributed by atoms with Crippen molar-refractivity contribution in [3.63, 3.8) is 0 Å². The lowest BCUT2D eigenvalue weighted by molar-refractivity contribution is -1.01. The summed E-state index contributed by atoms with van der Waals surface area (Å²) in [5, 5.41) is 19.4. The minimum Gasteiger partial charge on any atom is -0.391 e. The summed E-state index contributed by atoms with van der Waals surface area (Å²) < 4.78 is 6.19. The summed E-state index contributed by atoms with van der Waals surface area (Å²) in [5.74, 6) is 2.05. The van der Waals surface area contributed by atoms with Crippen LogP contribution in [0.5, 0.6) is 0 Å². The van der Waals surface area contributed by atoms with E-state index in [0.29, 0.717) is 24.5 Å². The molecule has 2 rings (SSSR count). The standard InChI is InChI=1S/C19H38N2O3/c1-15(2)18-5-4-16(3)12-19(18)24-14-17(23)13-21-8-6-20(7-9-21)10-11-22/h15-19,22-23H,4-14H2,1-3H3/p+2/t16-,17+,18+,19+/m0/s1. The van der Waals surface area contributed by atoms with Crippen LogP contribution in [0.15, 0.2) is 0 Å². The van der Waals surface area contributed by atoms with Crippen LogP contribution in [0.1, 0.15) is 40.0 Å². The maximum Gasteiger partial charge on any atom is 0.127 e. The third-order valence-electron chi connectivity index (χ3n) is 6.12. The molecule has 5 heteroatoms. The normalized spacial score (nSPS) is 36.0. The summed E-state index contributed by atoms with van der Waals surface area (Å²) in [6.45, 7) is 13.7. The predicted molar refractivity (Wildman–Crippen MR) is 95.3 cm³/mol. The van der Waals surface area contributed by atoms with Gasteiger partial charge in [-0.3, -0.25) is 0 Å². The second kappa shape index (κ2) is 10.1. The molecule has 1 aliphatic carbocycles. The van der Waals surface area contributed by atoms with Crippen LogP contribution in [0.25, 0.3) is 0 Å². The highest BCUT2D eigenvalue weighted by Crippen LogP contribution is 2.35. The highest BCUT2D eigenvalue weighted by atomic mass is 16.5. The lowest BCUT2D eigenvalue weighted by atomic mass is 9.75. The molecule has 0 aromatic carbocycles. The Labute approximate surface area is 148 Å². The van der Waals surface area contributed by atoms with Crippen molar-refractivity contribution in [3.8, 4) is 0 Å². The zero-order valence-electron chi connectivity index (χ0n) is 16.0. The monoisotopic (exact) mass is 344 g/mol. The Morgan fingerprint density at radius 1 is 1.08 bits per heavy atom. The van der Waals surface area contributed by atoms with E-state index in [-0.39, 0.29) is 12.7 Å². The van der Waals surface area contributed by atoms with Gasteiger partial charge in [0.25, 0.3) is 0 Å². The van der Waals surface area contributed by atoms with Crippen molar-refractivity contribution in [1.82, 2.24) is 0 Å². The number of aliphatic hydroxyl groups excluding tert-OH is 2. The Kier molecular flexibility index (Phi) is 8.44. The van der Waals surface area contributed by atoms with Crippen LogP contribution in [-0.4, -0.2) is 74.9 Å². The van der Waals surface area contributed by atoms with Crippen molar-refractivity contribution < 1.29 is 24.7 Å². The zero-order valence-corrected chi connectivity index (χ0v) is 16.0. The molecule has 0 aromatic heterocycles. The molecule has 24 heavy (non-hydrogen) atoms. The average molecular weight is 345 g/mol. The van der Waals surface area contributed by atoms with Gasteiger partial charge in [-0.15, -0.1) is 0 Å². The molecular formula is C19H40N2O3+2. The van der Waals surface area contributed by atoms with Crippen LogP contribution >= 0.6 is 0 Å². The van der Waals surface area contributed by atoms with Crippen molar-refractivity contribution >= 4 is 0 Å². The van der Waals surface area contributed by atoms with Crippen LogP contribution < -0.4 is 9.80 Å². The second-order valence-corrected chi connectivity index (χ2v) is 8.53. The van der Waals surface area contributed by atoms with E-state index in [1.54, 1.807) is 0 Å². The lowest BCUT2D eigenvalue weighted by Gasteiger charge is -2.37. The van der Waals surface area contributed by atoms with E-state index >= 15 is 0 Å². The zero-order chi connectivity index (χ0) is 17.5. The molecule has 0 radical (unpaired) electrons. The van der Waals surface area contributed by atoms with Crippen LogP contribution in [0.4, 0.5) is 0 Å². The minimum absolute atomic E-state index is 0.276. The highest BCUT2D eigenvalue weighted by molar-refractivity contribution is 4.81. The largest absolute Gasteiger partial charge is 0.391 e. The van der Waals surface area contributed by atoms with Crippen molar-refractivity contribution in [2.75, 3.05) is 52.5 Å². The van der Waals surface area contributed by atoms with Gasteiger partial charge >= 0.3 is 0 Å². The SMILES string of the molecule is CC(C)[C@H]1CC[C@H](C)C[C@H]1OC[C@H](O)C[NH+]1CC[NH+](CCO)CC1. The molecule has 0 unspecified atom stereocenters. The molecule has 1 saturated carbocycles. The van der Waals surface area contributed by atoms with Gasteiger partial charge in [0.2, 0.25) is 0 Å². The molecule has 0 bridgehead atoms. The summed E-state index contributed by atoms with van der Waals surface area (Å²) in [4.78, 5) is 2.97. The number of quaternary nitrogens is 2. The topological polar surface area (TPSA) is 58.6 Å². The van der Waals surface area contributed by atoms with E-state index < -0.39 is 0 Å². The first-order valence-electron chi connectivity index (χ1n) is 10.1. The Hall–Kier alpha value is -0.200. The summed E-state index contributed by atoms with van der Waals surface area (Å²) >= 11 is 0. The molecule has 4 atom stereocenters.